The lowest BCUT2D eigenvalue weighted by molar-refractivity contribution is 0.243. The maximum absolute atomic E-state index is 5.15. The smallest absolute Gasteiger partial charge is 0.227 e. The summed E-state index contributed by atoms with van der Waals surface area (Å²) in [5.74, 6) is 3.02. The van der Waals surface area contributed by atoms with Crippen LogP contribution in [-0.4, -0.2) is 55.8 Å². The first-order chi connectivity index (χ1) is 15.3. The van der Waals surface area contributed by atoms with Gasteiger partial charge in [-0.15, -0.1) is 10.2 Å². The number of aromatic nitrogens is 5. The third kappa shape index (κ3) is 3.65. The number of hydrogen-bond donors (Lipinski definition) is 0. The normalized spacial score (nSPS) is 18.8. The lowest BCUT2D eigenvalue weighted by Gasteiger charge is -2.35. The Bertz CT molecular complexity index is 1060. The van der Waals surface area contributed by atoms with Crippen LogP contribution in [0.25, 0.3) is 0 Å². The van der Waals surface area contributed by atoms with Gasteiger partial charge in [-0.25, -0.2) is 4.98 Å². The Morgan fingerprint density at radius 1 is 0.839 bits per heavy atom. The van der Waals surface area contributed by atoms with Gasteiger partial charge in [-0.05, 0) is 18.4 Å². The molecule has 0 radical (unpaired) electrons. The monoisotopic (exact) mass is 416 g/mol. The first kappa shape index (κ1) is 18.7. The lowest BCUT2D eigenvalue weighted by atomic mass is 10.0. The van der Waals surface area contributed by atoms with Gasteiger partial charge < -0.3 is 14.4 Å². The molecule has 8 heteroatoms. The molecule has 0 saturated carbocycles. The molecule has 31 heavy (non-hydrogen) atoms. The molecule has 6 rings (SSSR count). The quantitative estimate of drug-likeness (QED) is 0.646. The molecule has 0 atom stereocenters. The summed E-state index contributed by atoms with van der Waals surface area (Å²) >= 11 is 0. The van der Waals surface area contributed by atoms with Crippen LogP contribution in [0.1, 0.15) is 35.5 Å². The molecule has 3 aromatic rings. The predicted molar refractivity (Wildman–Crippen MR) is 119 cm³/mol. The zero-order valence-corrected chi connectivity index (χ0v) is 17.8. The van der Waals surface area contributed by atoms with Crippen LogP contribution in [0, 0.1) is 0 Å². The van der Waals surface area contributed by atoms with Crippen LogP contribution in [0.15, 0.2) is 36.7 Å². The zero-order valence-electron chi connectivity index (χ0n) is 17.8. The molecule has 3 aliphatic heterocycles. The van der Waals surface area contributed by atoms with Crippen molar-refractivity contribution in [1.29, 1.82) is 0 Å². The van der Waals surface area contributed by atoms with Crippen LogP contribution in [0.3, 0.4) is 0 Å². The van der Waals surface area contributed by atoms with Gasteiger partial charge in [-0.1, -0.05) is 30.3 Å². The molecule has 160 valence electrons. The van der Waals surface area contributed by atoms with E-state index in [0.717, 1.165) is 76.4 Å². The van der Waals surface area contributed by atoms with Crippen molar-refractivity contribution < 1.29 is 0 Å². The molecule has 1 aromatic carbocycles. The molecular weight excluding hydrogens is 388 g/mol. The Labute approximate surface area is 182 Å². The summed E-state index contributed by atoms with van der Waals surface area (Å²) in [6.45, 7) is 7.58. The summed E-state index contributed by atoms with van der Waals surface area (Å²) in [7, 11) is 0. The first-order valence-corrected chi connectivity index (χ1v) is 11.4. The molecule has 3 aliphatic rings. The number of benzene rings is 1. The third-order valence-corrected chi connectivity index (χ3v) is 6.68. The minimum Gasteiger partial charge on any atom is -0.347 e. The number of rotatable bonds is 4. The summed E-state index contributed by atoms with van der Waals surface area (Å²) in [5.41, 5.74) is 3.87. The molecule has 0 aliphatic carbocycles. The van der Waals surface area contributed by atoms with Crippen LogP contribution in [0.2, 0.25) is 0 Å². The van der Waals surface area contributed by atoms with Gasteiger partial charge in [-0.3, -0.25) is 4.90 Å². The summed E-state index contributed by atoms with van der Waals surface area (Å²) in [5, 5.41) is 8.42. The van der Waals surface area contributed by atoms with Gasteiger partial charge >= 0.3 is 0 Å². The van der Waals surface area contributed by atoms with E-state index in [1.54, 1.807) is 0 Å². The van der Waals surface area contributed by atoms with E-state index in [4.69, 9.17) is 9.97 Å². The average molecular weight is 417 g/mol. The van der Waals surface area contributed by atoms with Crippen LogP contribution < -0.4 is 9.80 Å². The summed E-state index contributed by atoms with van der Waals surface area (Å²) in [6, 6.07) is 10.7. The standard InChI is InChI=1S/C23H28N8/c1-2-6-18(7-3-1)14-28-11-8-20-19(15-28)22(26-23(25-20)29-9-4-5-10-29)30-12-13-31-17-24-27-21(31)16-30/h1-3,6-7,17H,4-5,8-16H2. The van der Waals surface area contributed by atoms with Crippen molar-refractivity contribution >= 4 is 11.8 Å². The zero-order chi connectivity index (χ0) is 20.6. The fourth-order valence-corrected chi connectivity index (χ4v) is 4.98. The Balaban J connectivity index is 1.34. The van der Waals surface area contributed by atoms with Gasteiger partial charge in [0.25, 0.3) is 0 Å². The third-order valence-electron chi connectivity index (χ3n) is 6.68. The van der Waals surface area contributed by atoms with Gasteiger partial charge in [0, 0.05) is 57.8 Å². The summed E-state index contributed by atoms with van der Waals surface area (Å²) in [4.78, 5) is 17.5. The molecule has 1 fully saturated rings. The van der Waals surface area contributed by atoms with E-state index in [2.05, 4.69) is 59.8 Å². The largest absolute Gasteiger partial charge is 0.347 e. The number of hydrogen-bond acceptors (Lipinski definition) is 7. The van der Waals surface area contributed by atoms with E-state index in [9.17, 15) is 0 Å². The second-order valence-corrected chi connectivity index (χ2v) is 8.77. The molecule has 0 N–H and O–H groups in total. The highest BCUT2D eigenvalue weighted by molar-refractivity contribution is 5.55. The van der Waals surface area contributed by atoms with Crippen LogP contribution in [-0.2, 0) is 32.6 Å². The SMILES string of the molecule is c1ccc(CN2CCc3nc(N4CCCC4)nc(N4CCn5cnnc5C4)c3C2)cc1. The van der Waals surface area contributed by atoms with Crippen molar-refractivity contribution in [1.82, 2.24) is 29.6 Å². The van der Waals surface area contributed by atoms with E-state index in [0.29, 0.717) is 0 Å². The molecule has 0 spiro atoms. The Morgan fingerprint density at radius 2 is 1.71 bits per heavy atom. The second kappa shape index (κ2) is 7.92. The number of nitrogens with zero attached hydrogens (tertiary/aromatic N) is 8. The van der Waals surface area contributed by atoms with E-state index >= 15 is 0 Å². The molecule has 5 heterocycles. The maximum atomic E-state index is 5.15. The Kier molecular flexibility index (Phi) is 4.79. The fourth-order valence-electron chi connectivity index (χ4n) is 4.98. The predicted octanol–water partition coefficient (Wildman–Crippen LogP) is 2.25. The molecule has 0 bridgehead atoms. The van der Waals surface area contributed by atoms with Crippen LogP contribution in [0.4, 0.5) is 11.8 Å². The Hall–Kier alpha value is -3.00. The van der Waals surface area contributed by atoms with Gasteiger partial charge in [0.05, 0.1) is 12.2 Å². The topological polar surface area (TPSA) is 66.2 Å². The minimum absolute atomic E-state index is 0.752. The maximum Gasteiger partial charge on any atom is 0.227 e. The molecule has 1 saturated heterocycles. The molecule has 0 unspecified atom stereocenters. The van der Waals surface area contributed by atoms with Crippen molar-refractivity contribution in [2.45, 2.75) is 45.4 Å². The fraction of sp³-hybridized carbons (Fsp3) is 0.478. The van der Waals surface area contributed by atoms with E-state index in [1.165, 1.54) is 29.7 Å². The Morgan fingerprint density at radius 3 is 2.58 bits per heavy atom. The molecule has 2 aromatic heterocycles. The van der Waals surface area contributed by atoms with Crippen molar-refractivity contribution in [3.63, 3.8) is 0 Å². The lowest BCUT2D eigenvalue weighted by Crippen LogP contribution is -2.38. The van der Waals surface area contributed by atoms with E-state index in [-0.39, 0.29) is 0 Å². The van der Waals surface area contributed by atoms with Crippen LogP contribution in [0.5, 0.6) is 0 Å². The van der Waals surface area contributed by atoms with Crippen molar-refractivity contribution in [3.8, 4) is 0 Å². The average Bonchev–Trinajstić information content (AvgIpc) is 3.51. The molecular formula is C23H28N8. The number of anilines is 2. The highest BCUT2D eigenvalue weighted by Crippen LogP contribution is 2.32. The van der Waals surface area contributed by atoms with Crippen molar-refractivity contribution in [2.75, 3.05) is 36.0 Å². The summed E-state index contributed by atoms with van der Waals surface area (Å²) < 4.78 is 2.15. The number of fused-ring (bicyclic) bond motifs is 2. The van der Waals surface area contributed by atoms with Crippen LogP contribution >= 0.6 is 0 Å². The van der Waals surface area contributed by atoms with E-state index in [1.807, 2.05) is 6.33 Å². The minimum atomic E-state index is 0.752. The van der Waals surface area contributed by atoms with E-state index < -0.39 is 0 Å². The highest BCUT2D eigenvalue weighted by atomic mass is 15.4. The van der Waals surface area contributed by atoms with Gasteiger partial charge in [0.15, 0.2) is 5.82 Å². The van der Waals surface area contributed by atoms with Gasteiger partial charge in [-0.2, -0.15) is 4.98 Å². The van der Waals surface area contributed by atoms with Crippen molar-refractivity contribution in [3.05, 3.63) is 59.3 Å². The highest BCUT2D eigenvalue weighted by Gasteiger charge is 2.29. The van der Waals surface area contributed by atoms with Gasteiger partial charge in [0.1, 0.15) is 12.1 Å². The van der Waals surface area contributed by atoms with Crippen molar-refractivity contribution in [2.24, 2.45) is 0 Å². The van der Waals surface area contributed by atoms with Gasteiger partial charge in [0.2, 0.25) is 5.95 Å². The molecule has 8 nitrogen and oxygen atoms in total. The summed E-state index contributed by atoms with van der Waals surface area (Å²) in [6.07, 6.45) is 5.27. The first-order valence-electron chi connectivity index (χ1n) is 11.4. The second-order valence-electron chi connectivity index (χ2n) is 8.77. The molecule has 0 amide bonds.